The monoisotopic (exact) mass is 1350 g/mol. The summed E-state index contributed by atoms with van der Waals surface area (Å²) in [5.41, 5.74) is 1.18. The number of hydrogen-bond donors (Lipinski definition) is 2. The summed E-state index contributed by atoms with van der Waals surface area (Å²) in [4.78, 5) is 70.1. The van der Waals surface area contributed by atoms with Crippen LogP contribution in [0.25, 0.3) is 0 Å². The lowest BCUT2D eigenvalue weighted by molar-refractivity contribution is -0.256. The van der Waals surface area contributed by atoms with Gasteiger partial charge in [0.1, 0.15) is 44.2 Å². The third kappa shape index (κ3) is 30.8. The topological polar surface area (TPSA) is 209 Å². The van der Waals surface area contributed by atoms with E-state index in [4.69, 9.17) is 37.7 Å². The lowest BCUT2D eigenvalue weighted by atomic mass is 9.95. The highest BCUT2D eigenvalue weighted by Crippen LogP contribution is 2.49. The number of esters is 2. The van der Waals surface area contributed by atoms with Gasteiger partial charge in [0, 0.05) is 17.0 Å². The van der Waals surface area contributed by atoms with Crippen LogP contribution in [0.3, 0.4) is 0 Å². The van der Waals surface area contributed by atoms with E-state index >= 15 is 13.3 Å². The van der Waals surface area contributed by atoms with Gasteiger partial charge in [-0.1, -0.05) is 285 Å². The van der Waals surface area contributed by atoms with Gasteiger partial charge >= 0.3 is 30.2 Å². The van der Waals surface area contributed by atoms with E-state index in [1.807, 2.05) is 0 Å². The molecule has 0 bridgehead atoms. The van der Waals surface area contributed by atoms with Gasteiger partial charge in [-0.05, 0) is 67.5 Å². The molecule has 3 unspecified atom stereocenters. The highest BCUT2D eigenvalue weighted by molar-refractivity contribution is 7.74. The van der Waals surface area contributed by atoms with Gasteiger partial charge in [-0.3, -0.25) is 18.9 Å². The van der Waals surface area contributed by atoms with Crippen molar-refractivity contribution in [3.8, 4) is 0 Å². The molecule has 1 saturated heterocycles. The zero-order valence-corrected chi connectivity index (χ0v) is 57.8. The van der Waals surface area contributed by atoms with Crippen LogP contribution in [0.2, 0.25) is 0 Å². The molecule has 16 nitrogen and oxygen atoms in total. The van der Waals surface area contributed by atoms with Crippen molar-refractivity contribution in [1.29, 1.82) is 0 Å². The Kier molecular flexibility index (Phi) is 39.2. The van der Waals surface area contributed by atoms with Gasteiger partial charge in [0.05, 0.1) is 6.42 Å². The van der Waals surface area contributed by atoms with Crippen LogP contribution in [0.1, 0.15) is 244 Å². The number of nitrogens with one attached hydrogen (secondary N) is 1. The van der Waals surface area contributed by atoms with Crippen LogP contribution in [0, 0.1) is 0 Å². The molecule has 0 aliphatic carbocycles. The molecule has 5 rings (SSSR count). The fraction of sp³-hybridized carbons (Fsp3) is 0.618. The molecule has 1 amide bonds. The number of halogens is 2. The molecule has 4 aromatic carbocycles. The number of benzene rings is 4. The molecule has 4 aromatic rings. The zero-order valence-electron chi connectivity index (χ0n) is 56.9. The van der Waals surface area contributed by atoms with E-state index in [0.717, 1.165) is 103 Å². The molecular weight excluding hydrogens is 1240 g/mol. The quantitative estimate of drug-likeness (QED) is 0.0182. The second-order valence-corrected chi connectivity index (χ2v) is 27.6. The van der Waals surface area contributed by atoms with Crippen LogP contribution in [0.4, 0.5) is 18.4 Å². The van der Waals surface area contributed by atoms with E-state index in [9.17, 15) is 29.1 Å². The van der Waals surface area contributed by atoms with Crippen molar-refractivity contribution in [2.24, 2.45) is 0 Å². The number of aliphatic hydroxyl groups excluding tert-OH is 1. The molecule has 2 N–H and O–H groups in total. The molecule has 1 heterocycles. The Labute approximate surface area is 564 Å². The van der Waals surface area contributed by atoms with Crippen molar-refractivity contribution in [1.82, 2.24) is 5.32 Å². The lowest BCUT2D eigenvalue weighted by Gasteiger charge is -2.45. The van der Waals surface area contributed by atoms with Gasteiger partial charge in [0.15, 0.2) is 18.5 Å². The molecule has 1 aliphatic rings. The Bertz CT molecular complexity index is 2720. The molecule has 7 atom stereocenters. The highest BCUT2D eigenvalue weighted by atomic mass is 31.2. The molecule has 528 valence electrons. The predicted molar refractivity (Wildman–Crippen MR) is 366 cm³/mol. The normalized spacial score (nSPS) is 17.1. The number of ether oxygens (including phenoxy) is 7. The van der Waals surface area contributed by atoms with E-state index < -0.39 is 106 Å². The van der Waals surface area contributed by atoms with Crippen molar-refractivity contribution < 1.29 is 80.1 Å². The van der Waals surface area contributed by atoms with Crippen LogP contribution < -0.4 is 15.9 Å². The molecule has 95 heavy (non-hydrogen) atoms. The zero-order chi connectivity index (χ0) is 68.2. The number of hydrogen-bond acceptors (Lipinski definition) is 15. The number of aliphatic hydroxyl groups is 1. The largest absolute Gasteiger partial charge is 0.509 e. The number of carbonyl (C=O) groups excluding carboxylic acids is 5. The van der Waals surface area contributed by atoms with Crippen molar-refractivity contribution in [2.45, 2.75) is 295 Å². The number of rotatable bonds is 50. The predicted octanol–water partition coefficient (Wildman–Crippen LogP) is 18.0. The Hall–Kier alpha value is -6.20. The van der Waals surface area contributed by atoms with Crippen LogP contribution in [-0.4, -0.2) is 90.6 Å². The summed E-state index contributed by atoms with van der Waals surface area (Å²) in [5.74, 6) is -8.17. The summed E-state index contributed by atoms with van der Waals surface area (Å²) >= 11 is 0. The van der Waals surface area contributed by atoms with E-state index in [0.29, 0.717) is 36.8 Å². The third-order valence-corrected chi connectivity index (χ3v) is 19.8. The van der Waals surface area contributed by atoms with Crippen molar-refractivity contribution in [3.05, 3.63) is 132 Å². The summed E-state index contributed by atoms with van der Waals surface area (Å²) in [6.45, 7) is 5.18. The van der Waals surface area contributed by atoms with Gasteiger partial charge in [-0.15, -0.1) is 0 Å². The standard InChI is InChI=1S/C76H110F2NO15P/c1-4-7-10-13-16-19-20-23-26-29-44-55-67(80)90-62(49-38-27-24-21-17-14-11-8-5-2)56-68(81)93-71-69(79-73(83)76(77,78)66(54-43-28-25-22-18-15-12-9-6-3)92-75(85)88-58-61-47-36-31-37-48-61)72(82)91-65(59-89-74(84)87-57-60-45-34-30-35-46-60)70(71)94-95(86,63-50-39-32-40-51-63)64-52-41-33-42-53-64/h30-37,39-42,45-48,50-53,62,65-66,69-72,82H,4-29,38,43-44,49,54-59H2,1-3H3,(H,79,83)/t62?,65-,66?,69?,70-,71-,72-/m1/s1. The smallest absolute Gasteiger partial charge is 0.462 e. The molecule has 1 aliphatic heterocycles. The number of unbranched alkanes of at least 4 members (excludes halogenated alkanes) is 26. The molecule has 0 radical (unpaired) electrons. The molecule has 0 saturated carbocycles. The van der Waals surface area contributed by atoms with E-state index in [-0.39, 0.29) is 43.1 Å². The number of alkyl halides is 2. The SMILES string of the molecule is CCCCCCCCCCCCCC(=O)OC(CCCCCCCCCCC)CC(=O)O[C@@H]1C(NC(=O)C(F)(F)C(CCCCCCCCCCC)OC(=O)OCc2ccccc2)[C@H](O)O[C@H](COC(=O)OCc2ccccc2)[C@H]1OP(=O)(c1ccccc1)c1ccccc1. The number of carbonyl (C=O) groups is 5. The summed E-state index contributed by atoms with van der Waals surface area (Å²) in [6.07, 6.45) is 13.7. The molecule has 0 spiro atoms. The lowest BCUT2D eigenvalue weighted by Crippen LogP contribution is -2.68. The first kappa shape index (κ1) is 79.5. The van der Waals surface area contributed by atoms with Crippen molar-refractivity contribution in [3.63, 3.8) is 0 Å². The molecule has 1 fully saturated rings. The van der Waals surface area contributed by atoms with Gasteiger partial charge < -0.3 is 48.1 Å². The Morgan fingerprint density at radius 3 is 1.38 bits per heavy atom. The maximum Gasteiger partial charge on any atom is 0.509 e. The van der Waals surface area contributed by atoms with E-state index in [2.05, 4.69) is 26.1 Å². The molecular formula is C76H110F2NO15P. The first-order valence-electron chi connectivity index (χ1n) is 35.7. The second-order valence-electron chi connectivity index (χ2n) is 25.2. The Morgan fingerprint density at radius 1 is 0.505 bits per heavy atom. The minimum absolute atomic E-state index is 0.114. The maximum atomic E-state index is 17.3. The van der Waals surface area contributed by atoms with Crippen molar-refractivity contribution >= 4 is 48.1 Å². The molecule has 19 heteroatoms. The third-order valence-electron chi connectivity index (χ3n) is 17.3. The van der Waals surface area contributed by atoms with E-state index in [1.54, 1.807) is 121 Å². The fourth-order valence-electron chi connectivity index (χ4n) is 11.7. The average molecular weight is 1350 g/mol. The summed E-state index contributed by atoms with van der Waals surface area (Å²) in [6, 6.07) is 31.2. The second kappa shape index (κ2) is 46.9. The number of amides is 1. The van der Waals surface area contributed by atoms with Crippen LogP contribution >= 0.6 is 7.37 Å². The summed E-state index contributed by atoms with van der Waals surface area (Å²) in [5, 5.41) is 14.6. The minimum Gasteiger partial charge on any atom is -0.462 e. The first-order chi connectivity index (χ1) is 46.2. The Balaban J connectivity index is 1.49. The first-order valence-corrected chi connectivity index (χ1v) is 37.3. The van der Waals surface area contributed by atoms with Gasteiger partial charge in [-0.2, -0.15) is 8.78 Å². The molecule has 0 aromatic heterocycles. The van der Waals surface area contributed by atoms with Gasteiger partial charge in [0.2, 0.25) is 0 Å². The van der Waals surface area contributed by atoms with E-state index in [1.165, 1.54) is 51.4 Å². The Morgan fingerprint density at radius 2 is 0.916 bits per heavy atom. The van der Waals surface area contributed by atoms with Crippen molar-refractivity contribution in [2.75, 3.05) is 6.61 Å². The van der Waals surface area contributed by atoms with Crippen LogP contribution in [0.5, 0.6) is 0 Å². The maximum absolute atomic E-state index is 17.3. The van der Waals surface area contributed by atoms with Gasteiger partial charge in [-0.25, -0.2) is 9.59 Å². The van der Waals surface area contributed by atoms with Gasteiger partial charge in [0.25, 0.3) is 13.3 Å². The summed E-state index contributed by atoms with van der Waals surface area (Å²) < 4.78 is 97.6. The highest BCUT2D eigenvalue weighted by Gasteiger charge is 2.56. The van der Waals surface area contributed by atoms with Crippen LogP contribution in [-0.2, 0) is 69.8 Å². The fourth-order valence-corrected chi connectivity index (χ4v) is 14.0. The summed E-state index contributed by atoms with van der Waals surface area (Å²) in [7, 11) is -4.45. The minimum atomic E-state index is -4.55. The van der Waals surface area contributed by atoms with Crippen LogP contribution in [0.15, 0.2) is 121 Å². The average Bonchev–Trinajstić information content (AvgIpc) is 0.764.